The highest BCUT2D eigenvalue weighted by atomic mass is 32.1. The zero-order valence-corrected chi connectivity index (χ0v) is 38.1. The Kier molecular flexibility index (Phi) is 11.7. The second-order valence-electron chi connectivity index (χ2n) is 17.4. The maximum absolute atomic E-state index is 14.3. The number of hydrogen-bond acceptors (Lipinski definition) is 11. The van der Waals surface area contributed by atoms with Crippen LogP contribution in [0.5, 0.6) is 0 Å². The number of thiazole rings is 1. The van der Waals surface area contributed by atoms with Crippen LogP contribution in [0.2, 0.25) is 0 Å². The van der Waals surface area contributed by atoms with Crippen molar-refractivity contribution >= 4 is 46.1 Å². The number of fused-ring (bicyclic) bond motifs is 3. The molecule has 3 aromatic carbocycles. The number of aryl methyl sites for hydroxylation is 2. The predicted molar refractivity (Wildman–Crippen MR) is 245 cm³/mol. The van der Waals surface area contributed by atoms with E-state index in [0.29, 0.717) is 10.4 Å². The molecule has 0 radical (unpaired) electrons. The number of nitrogens with zero attached hydrogens (tertiary/aromatic N) is 7. The molecule has 13 nitrogen and oxygen atoms in total. The van der Waals surface area contributed by atoms with E-state index >= 15 is 0 Å². The first-order valence-corrected chi connectivity index (χ1v) is 22.6. The molecule has 0 saturated carbocycles. The number of benzene rings is 3. The van der Waals surface area contributed by atoms with E-state index in [0.717, 1.165) is 71.9 Å². The molecule has 0 bridgehead atoms. The van der Waals surface area contributed by atoms with Crippen molar-refractivity contribution < 1.29 is 19.5 Å². The quantitative estimate of drug-likeness (QED) is 0.132. The Balaban J connectivity index is 0.952. The molecule has 2 aliphatic heterocycles. The summed E-state index contributed by atoms with van der Waals surface area (Å²) in [5.41, 5.74) is 9.65. The minimum absolute atomic E-state index is 0.0202. The Labute approximate surface area is 374 Å². The second-order valence-corrected chi connectivity index (χ2v) is 19.2. The Morgan fingerprint density at radius 1 is 0.905 bits per heavy atom. The van der Waals surface area contributed by atoms with E-state index in [1.807, 2.05) is 126 Å². The van der Waals surface area contributed by atoms with Gasteiger partial charge in [0.05, 0.1) is 33.9 Å². The van der Waals surface area contributed by atoms with Crippen LogP contribution in [0.3, 0.4) is 0 Å². The van der Waals surface area contributed by atoms with E-state index in [1.165, 1.54) is 16.2 Å². The van der Waals surface area contributed by atoms with Crippen LogP contribution in [-0.2, 0) is 9.59 Å². The van der Waals surface area contributed by atoms with Crippen molar-refractivity contribution in [3.05, 3.63) is 128 Å². The lowest BCUT2D eigenvalue weighted by atomic mass is 9.85. The number of aliphatic imine (C=N–C) groups is 1. The van der Waals surface area contributed by atoms with Crippen molar-refractivity contribution in [2.24, 2.45) is 10.4 Å². The van der Waals surface area contributed by atoms with Gasteiger partial charge in [-0.1, -0.05) is 81.4 Å². The van der Waals surface area contributed by atoms with E-state index in [2.05, 4.69) is 31.9 Å². The molecule has 5 atom stereocenters. The largest absolute Gasteiger partial charge is 0.391 e. The normalized spacial score (nSPS) is 18.1. The van der Waals surface area contributed by atoms with Gasteiger partial charge in [0.15, 0.2) is 5.82 Å². The van der Waals surface area contributed by atoms with Crippen LogP contribution in [-0.4, -0.2) is 77.9 Å². The second kappa shape index (κ2) is 17.1. The third-order valence-electron chi connectivity index (χ3n) is 11.9. The summed E-state index contributed by atoms with van der Waals surface area (Å²) in [6.45, 7) is 15.3. The van der Waals surface area contributed by atoms with Gasteiger partial charge >= 0.3 is 0 Å². The minimum Gasteiger partial charge on any atom is -0.391 e. The molecule has 0 spiro atoms. The van der Waals surface area contributed by atoms with E-state index in [1.54, 1.807) is 23.5 Å². The summed E-state index contributed by atoms with van der Waals surface area (Å²) >= 11 is 2.99. The van der Waals surface area contributed by atoms with E-state index < -0.39 is 35.4 Å². The number of carbonyl (C=O) groups excluding carboxylic acids is 3. The van der Waals surface area contributed by atoms with E-state index in [4.69, 9.17) is 4.99 Å². The lowest BCUT2D eigenvalue weighted by molar-refractivity contribution is -0.142. The van der Waals surface area contributed by atoms with E-state index in [9.17, 15) is 24.8 Å². The molecule has 6 aromatic rings. The van der Waals surface area contributed by atoms with Crippen LogP contribution in [0, 0.1) is 37.5 Å². The molecular weight excluding hydrogens is 831 g/mol. The molecule has 15 heteroatoms. The number of carbonyl (C=O) groups is 3. The molecule has 1 unspecified atom stereocenters. The van der Waals surface area contributed by atoms with Gasteiger partial charge in [-0.3, -0.25) is 23.9 Å². The fourth-order valence-electron chi connectivity index (χ4n) is 8.34. The van der Waals surface area contributed by atoms with Crippen molar-refractivity contribution in [2.45, 2.75) is 92.1 Å². The number of rotatable bonds is 9. The van der Waals surface area contributed by atoms with Crippen LogP contribution in [0.4, 0.5) is 0 Å². The summed E-state index contributed by atoms with van der Waals surface area (Å²) in [6, 6.07) is 23.0. The molecular formula is C48H49N9O4S2. The van der Waals surface area contributed by atoms with Crippen molar-refractivity contribution in [3.63, 3.8) is 0 Å². The molecule has 3 amide bonds. The monoisotopic (exact) mass is 879 g/mol. The van der Waals surface area contributed by atoms with Gasteiger partial charge in [-0.25, -0.2) is 4.98 Å². The molecule has 5 heterocycles. The van der Waals surface area contributed by atoms with Gasteiger partial charge in [0.25, 0.3) is 5.91 Å². The number of nitrogens with one attached hydrogen (secondary N) is 2. The number of amides is 3. The van der Waals surface area contributed by atoms with Crippen LogP contribution in [0.25, 0.3) is 26.6 Å². The number of aromatic nitrogens is 4. The van der Waals surface area contributed by atoms with Crippen LogP contribution in [0.15, 0.2) is 83.3 Å². The standard InChI is InChI=1S/C48H49N9O4S2/c1-25-38(22-49)63-47-39(25)40(51-28(4)43-55-54-29(5)57(43)47)33-15-11-31(12-16-33)32-13-19-35(20-14-32)44(59)53-42(48(6,7)8)46(61)56-23-36(58)21-37(56)45(60)52-26(2)30-9-17-34(18-10-30)41-27(3)50-24-62-41/h9-20,24,26,28,36-37,42,58H,21,23H2,1-8H3,(H,52,60)(H,53,59)/t26-,28-,36+,37-,42?/m0/s1. The topological polar surface area (TPSA) is 178 Å². The number of β-amino-alcohol motifs (C(OH)–C–C–N with tert-alkyl or cyclic N) is 1. The fourth-order valence-corrected chi connectivity index (χ4v) is 10.3. The Morgan fingerprint density at radius 2 is 1.54 bits per heavy atom. The van der Waals surface area contributed by atoms with E-state index in [-0.39, 0.29) is 31.0 Å². The summed E-state index contributed by atoms with van der Waals surface area (Å²) in [4.78, 5) is 54.5. The average molecular weight is 880 g/mol. The van der Waals surface area contributed by atoms with Crippen molar-refractivity contribution in [1.82, 2.24) is 35.3 Å². The average Bonchev–Trinajstić information content (AvgIpc) is 4.04. The summed E-state index contributed by atoms with van der Waals surface area (Å²) in [6.07, 6.45) is -0.793. The van der Waals surface area contributed by atoms with Crippen molar-refractivity contribution in [2.75, 3.05) is 6.54 Å². The van der Waals surface area contributed by atoms with Gasteiger partial charge in [-0.15, -0.1) is 32.9 Å². The van der Waals surface area contributed by atoms with Gasteiger partial charge in [0, 0.05) is 29.7 Å². The highest BCUT2D eigenvalue weighted by molar-refractivity contribution is 7.15. The Hall–Kier alpha value is -6.34. The SMILES string of the molecule is Cc1ncsc1-c1ccc([C@H](C)NC(=O)[C@@H]2C[C@@H](O)CN2C(=O)C(NC(=O)c2ccc(-c3ccc(C4=N[C@@H](C)c5nnc(C)n5-c5sc(C#N)c(C)c54)cc3)cc2)C(C)(C)C)cc1. The molecule has 3 N–H and O–H groups in total. The summed E-state index contributed by atoms with van der Waals surface area (Å²) in [5, 5.41) is 36.3. The van der Waals surface area contributed by atoms with Gasteiger partial charge in [-0.2, -0.15) is 5.26 Å². The summed E-state index contributed by atoms with van der Waals surface area (Å²) in [5.74, 6) is 0.232. The maximum Gasteiger partial charge on any atom is 0.251 e. The van der Waals surface area contributed by atoms with Crippen LogP contribution >= 0.6 is 22.7 Å². The number of thiophene rings is 1. The zero-order valence-electron chi connectivity index (χ0n) is 36.4. The smallest absolute Gasteiger partial charge is 0.251 e. The number of aliphatic hydroxyl groups excluding tert-OH is 1. The summed E-state index contributed by atoms with van der Waals surface area (Å²) in [7, 11) is 0. The highest BCUT2D eigenvalue weighted by Gasteiger charge is 2.45. The van der Waals surface area contributed by atoms with Crippen LogP contribution < -0.4 is 10.6 Å². The maximum atomic E-state index is 14.3. The Bertz CT molecular complexity index is 2790. The molecule has 2 aliphatic rings. The number of nitriles is 1. The molecule has 1 saturated heterocycles. The number of hydrogen-bond donors (Lipinski definition) is 3. The molecule has 63 heavy (non-hydrogen) atoms. The first-order chi connectivity index (χ1) is 30.0. The number of aliphatic hydroxyl groups is 1. The Morgan fingerprint density at radius 3 is 2.16 bits per heavy atom. The van der Waals surface area contributed by atoms with Crippen LogP contribution in [0.1, 0.15) is 108 Å². The zero-order chi connectivity index (χ0) is 44.9. The van der Waals surface area contributed by atoms with Gasteiger partial charge in [0.2, 0.25) is 11.8 Å². The predicted octanol–water partition coefficient (Wildman–Crippen LogP) is 7.81. The van der Waals surface area contributed by atoms with Gasteiger partial charge in [0.1, 0.15) is 39.9 Å². The number of likely N-dealkylation sites (tertiary alicyclic amines) is 1. The molecule has 0 aliphatic carbocycles. The molecule has 322 valence electrons. The van der Waals surface area contributed by atoms with Crippen molar-refractivity contribution in [1.29, 1.82) is 5.26 Å². The van der Waals surface area contributed by atoms with Crippen molar-refractivity contribution in [3.8, 4) is 32.6 Å². The third-order valence-corrected chi connectivity index (χ3v) is 14.0. The molecule has 8 rings (SSSR count). The first kappa shape index (κ1) is 43.3. The lowest BCUT2D eigenvalue weighted by Gasteiger charge is -2.35. The third kappa shape index (κ3) is 8.34. The molecule has 1 fully saturated rings. The highest BCUT2D eigenvalue weighted by Crippen LogP contribution is 2.39. The minimum atomic E-state index is -0.983. The first-order valence-electron chi connectivity index (χ1n) is 20.9. The van der Waals surface area contributed by atoms with Gasteiger partial charge < -0.3 is 20.6 Å². The summed E-state index contributed by atoms with van der Waals surface area (Å²) < 4.78 is 2.00. The lowest BCUT2D eigenvalue weighted by Crippen LogP contribution is -2.57. The fraction of sp³-hybridized carbons (Fsp3) is 0.333. The molecule has 3 aromatic heterocycles. The van der Waals surface area contributed by atoms with Gasteiger partial charge in [-0.05, 0) is 80.0 Å².